The number of rotatable bonds is 11. The molecule has 1 fully saturated rings. The van der Waals surface area contributed by atoms with Crippen LogP contribution in [-0.4, -0.2) is 92.7 Å². The molecule has 1 aromatic carbocycles. The fourth-order valence-corrected chi connectivity index (χ4v) is 6.17. The van der Waals surface area contributed by atoms with Gasteiger partial charge in [-0.3, -0.25) is 9.59 Å². The molecule has 2 N–H and O–H groups in total. The molecule has 2 aromatic rings. The summed E-state index contributed by atoms with van der Waals surface area (Å²) >= 11 is 0. The van der Waals surface area contributed by atoms with E-state index in [1.54, 1.807) is 16.7 Å². The number of hydrogen-bond acceptors (Lipinski definition) is 6. The van der Waals surface area contributed by atoms with Gasteiger partial charge in [0.05, 0.1) is 23.3 Å². The maximum Gasteiger partial charge on any atom is 0.407 e. The Labute approximate surface area is 254 Å². The van der Waals surface area contributed by atoms with Gasteiger partial charge in [-0.15, -0.1) is 5.10 Å². The van der Waals surface area contributed by atoms with Crippen molar-refractivity contribution in [3.63, 3.8) is 0 Å². The molecule has 0 radical (unpaired) electrons. The number of nitrogens with zero attached hydrogens (tertiary/aromatic N) is 5. The summed E-state index contributed by atoms with van der Waals surface area (Å²) in [6, 6.07) is 5.86. The standard InChI is InChI=1S/C32H48N6O5/c1-21(2)18-37(26-17-24(19-36(20-26)31(41)42)29(39)33-32(3,4)5)30(40)28-27(12-7-8-15-43-6)38(35-34-28)25-14-13-22-10-9-11-23(22)16-25/h13-14,16,21,24,26H,7-12,15,17-20H2,1-6H3,(H,33,39)(H,41,42)/t24-,26+/m1/s1. The van der Waals surface area contributed by atoms with E-state index in [1.807, 2.05) is 40.7 Å². The fraction of sp³-hybridized carbons (Fsp3) is 0.656. The monoisotopic (exact) mass is 596 g/mol. The van der Waals surface area contributed by atoms with E-state index >= 15 is 0 Å². The molecule has 4 rings (SSSR count). The largest absolute Gasteiger partial charge is 0.465 e. The summed E-state index contributed by atoms with van der Waals surface area (Å²) in [5, 5.41) is 21.9. The van der Waals surface area contributed by atoms with E-state index in [1.165, 1.54) is 16.0 Å². The van der Waals surface area contributed by atoms with Crippen LogP contribution >= 0.6 is 0 Å². The van der Waals surface area contributed by atoms with E-state index in [-0.39, 0.29) is 36.5 Å². The topological polar surface area (TPSA) is 130 Å². The molecule has 1 aromatic heterocycles. The third-order valence-electron chi connectivity index (χ3n) is 8.14. The van der Waals surface area contributed by atoms with Gasteiger partial charge in [-0.2, -0.15) is 0 Å². The number of nitrogens with one attached hydrogen (secondary N) is 1. The predicted octanol–water partition coefficient (Wildman–Crippen LogP) is 4.11. The molecule has 11 heteroatoms. The van der Waals surface area contributed by atoms with Crippen molar-refractivity contribution in [2.24, 2.45) is 11.8 Å². The Morgan fingerprint density at radius 3 is 2.56 bits per heavy atom. The minimum Gasteiger partial charge on any atom is -0.465 e. The van der Waals surface area contributed by atoms with Crippen LogP contribution in [-0.2, 0) is 28.8 Å². The van der Waals surface area contributed by atoms with E-state index in [2.05, 4.69) is 27.8 Å². The van der Waals surface area contributed by atoms with Crippen molar-refractivity contribution in [2.45, 2.75) is 91.1 Å². The zero-order valence-electron chi connectivity index (χ0n) is 26.6. The van der Waals surface area contributed by atoms with Gasteiger partial charge in [-0.1, -0.05) is 25.1 Å². The van der Waals surface area contributed by atoms with Gasteiger partial charge in [0.2, 0.25) is 5.91 Å². The van der Waals surface area contributed by atoms with Crippen LogP contribution in [0, 0.1) is 11.8 Å². The molecular weight excluding hydrogens is 548 g/mol. The fourth-order valence-electron chi connectivity index (χ4n) is 6.17. The summed E-state index contributed by atoms with van der Waals surface area (Å²) in [6.45, 7) is 11.0. The number of amides is 3. The Balaban J connectivity index is 1.69. The molecule has 0 saturated carbocycles. The van der Waals surface area contributed by atoms with Crippen molar-refractivity contribution in [2.75, 3.05) is 33.4 Å². The molecule has 0 unspecified atom stereocenters. The molecule has 0 bridgehead atoms. The number of carboxylic acid groups (broad SMARTS) is 1. The van der Waals surface area contributed by atoms with E-state index in [9.17, 15) is 19.5 Å². The highest BCUT2D eigenvalue weighted by Gasteiger charge is 2.40. The van der Waals surface area contributed by atoms with Crippen molar-refractivity contribution in [3.05, 3.63) is 40.7 Å². The first kappa shape index (κ1) is 32.4. The van der Waals surface area contributed by atoms with Gasteiger partial charge < -0.3 is 25.0 Å². The second-order valence-electron chi connectivity index (χ2n) is 13.4. The number of hydrogen-bond donors (Lipinski definition) is 2. The lowest BCUT2D eigenvalue weighted by Crippen LogP contribution is -2.58. The Bertz CT molecular complexity index is 1300. The maximum atomic E-state index is 14.4. The van der Waals surface area contributed by atoms with Crippen molar-refractivity contribution in [3.8, 4) is 5.69 Å². The number of benzene rings is 1. The number of methoxy groups -OCH3 is 1. The number of carbonyl (C=O) groups excluding carboxylic acids is 2. The first-order valence-electron chi connectivity index (χ1n) is 15.5. The molecule has 2 heterocycles. The molecule has 1 aliphatic heterocycles. The average molecular weight is 597 g/mol. The van der Waals surface area contributed by atoms with Gasteiger partial charge in [0.1, 0.15) is 0 Å². The molecular formula is C32H48N6O5. The van der Waals surface area contributed by atoms with Gasteiger partial charge in [0.25, 0.3) is 5.91 Å². The van der Waals surface area contributed by atoms with Crippen LogP contribution in [0.1, 0.15) is 87.6 Å². The summed E-state index contributed by atoms with van der Waals surface area (Å²) < 4.78 is 7.04. The number of aromatic nitrogens is 3. The highest BCUT2D eigenvalue weighted by Crippen LogP contribution is 2.28. The number of fused-ring (bicyclic) bond motifs is 1. The van der Waals surface area contributed by atoms with Gasteiger partial charge in [-0.25, -0.2) is 9.48 Å². The number of likely N-dealkylation sites (tertiary alicyclic amines) is 1. The highest BCUT2D eigenvalue weighted by molar-refractivity contribution is 5.94. The summed E-state index contributed by atoms with van der Waals surface area (Å²) in [6.07, 6.45) is 4.72. The lowest BCUT2D eigenvalue weighted by molar-refractivity contribution is -0.128. The molecule has 0 spiro atoms. The van der Waals surface area contributed by atoms with Crippen LogP contribution in [0.15, 0.2) is 18.2 Å². The van der Waals surface area contributed by atoms with Crippen molar-refractivity contribution in [1.29, 1.82) is 0 Å². The van der Waals surface area contributed by atoms with Crippen LogP contribution in [0.3, 0.4) is 0 Å². The Morgan fingerprint density at radius 2 is 1.88 bits per heavy atom. The van der Waals surface area contributed by atoms with E-state index in [0.29, 0.717) is 26.0 Å². The lowest BCUT2D eigenvalue weighted by Gasteiger charge is -2.42. The number of unbranched alkanes of at least 4 members (excludes halogenated alkanes) is 1. The van der Waals surface area contributed by atoms with Crippen LogP contribution in [0.4, 0.5) is 4.79 Å². The zero-order valence-corrected chi connectivity index (χ0v) is 26.6. The van der Waals surface area contributed by atoms with Crippen LogP contribution < -0.4 is 5.32 Å². The molecule has 1 saturated heterocycles. The first-order chi connectivity index (χ1) is 20.4. The molecule has 11 nitrogen and oxygen atoms in total. The number of carbonyl (C=O) groups is 3. The van der Waals surface area contributed by atoms with Gasteiger partial charge in [0.15, 0.2) is 5.69 Å². The number of aryl methyl sites for hydroxylation is 2. The third-order valence-corrected chi connectivity index (χ3v) is 8.14. The summed E-state index contributed by atoms with van der Waals surface area (Å²) in [4.78, 5) is 42.8. The Hall–Kier alpha value is -3.47. The van der Waals surface area contributed by atoms with E-state index in [0.717, 1.165) is 43.5 Å². The van der Waals surface area contributed by atoms with Gasteiger partial charge in [0, 0.05) is 38.9 Å². The first-order valence-corrected chi connectivity index (χ1v) is 15.5. The second-order valence-corrected chi connectivity index (χ2v) is 13.4. The normalized spacial score (nSPS) is 18.5. The average Bonchev–Trinajstić information content (AvgIpc) is 3.59. The lowest BCUT2D eigenvalue weighted by atomic mass is 9.91. The molecule has 3 amide bonds. The van der Waals surface area contributed by atoms with E-state index < -0.39 is 23.6 Å². The highest BCUT2D eigenvalue weighted by atomic mass is 16.5. The Kier molecular flexibility index (Phi) is 10.5. The maximum absolute atomic E-state index is 14.4. The van der Waals surface area contributed by atoms with Crippen molar-refractivity contribution >= 4 is 17.9 Å². The van der Waals surface area contributed by atoms with Gasteiger partial charge >= 0.3 is 6.09 Å². The minimum absolute atomic E-state index is 0.0940. The van der Waals surface area contributed by atoms with Crippen molar-refractivity contribution in [1.82, 2.24) is 30.1 Å². The van der Waals surface area contributed by atoms with Crippen LogP contribution in [0.2, 0.25) is 0 Å². The molecule has 43 heavy (non-hydrogen) atoms. The smallest absolute Gasteiger partial charge is 0.407 e. The second kappa shape index (κ2) is 13.9. The van der Waals surface area contributed by atoms with Gasteiger partial charge in [-0.05, 0) is 94.9 Å². The SMILES string of the molecule is COCCCCc1c(C(=O)N(CC(C)C)[C@H]2C[C@@H](C(=O)NC(C)(C)C)CN(C(=O)O)C2)nnn1-c1ccc2c(c1)CCC2. The summed E-state index contributed by atoms with van der Waals surface area (Å²) in [5.41, 5.74) is 4.11. The Morgan fingerprint density at radius 1 is 1.14 bits per heavy atom. The predicted molar refractivity (Wildman–Crippen MR) is 163 cm³/mol. The number of piperidine rings is 1. The molecule has 236 valence electrons. The third kappa shape index (κ3) is 8.13. The van der Waals surface area contributed by atoms with E-state index in [4.69, 9.17) is 4.74 Å². The van der Waals surface area contributed by atoms with Crippen molar-refractivity contribution < 1.29 is 24.2 Å². The van der Waals surface area contributed by atoms with Crippen LogP contribution in [0.25, 0.3) is 5.69 Å². The van der Waals surface area contributed by atoms with Crippen LogP contribution in [0.5, 0.6) is 0 Å². The summed E-state index contributed by atoms with van der Waals surface area (Å²) in [5.74, 6) is -0.952. The molecule has 1 aliphatic carbocycles. The molecule has 2 atom stereocenters. The number of ether oxygens (including phenoxy) is 1. The quantitative estimate of drug-likeness (QED) is 0.374. The molecule has 2 aliphatic rings. The zero-order chi connectivity index (χ0) is 31.3. The minimum atomic E-state index is -1.10. The summed E-state index contributed by atoms with van der Waals surface area (Å²) in [7, 11) is 1.68.